The van der Waals surface area contributed by atoms with E-state index in [4.69, 9.17) is 11.6 Å². The van der Waals surface area contributed by atoms with Crippen molar-refractivity contribution in [3.8, 4) is 5.95 Å². The highest BCUT2D eigenvalue weighted by Crippen LogP contribution is 2.34. The molecule has 0 aliphatic heterocycles. The second-order valence-electron chi connectivity index (χ2n) is 4.63. The lowest BCUT2D eigenvalue weighted by Gasteiger charge is -2.11. The highest BCUT2D eigenvalue weighted by Gasteiger charge is 2.31. The molecule has 6 nitrogen and oxygen atoms in total. The number of amides is 1. The zero-order valence-electron chi connectivity index (χ0n) is 12.2. The van der Waals surface area contributed by atoms with Gasteiger partial charge < -0.3 is 14.9 Å². The normalized spacial score (nSPS) is 11.5. The average Bonchev–Trinajstić information content (AvgIpc) is 2.80. The number of hydrogen-bond donors (Lipinski definition) is 1. The van der Waals surface area contributed by atoms with Gasteiger partial charge >= 0.3 is 6.18 Å². The molecule has 2 aromatic rings. The SMILES string of the molecule is C[n+]1noc([O-])c1SCCC(=O)Nc1cc(C(F)(F)F)ccc1Cl. The third-order valence-electron chi connectivity index (χ3n) is 2.85. The summed E-state index contributed by atoms with van der Waals surface area (Å²) in [6.07, 6.45) is -4.57. The summed E-state index contributed by atoms with van der Waals surface area (Å²) < 4.78 is 43.7. The number of halogens is 4. The van der Waals surface area contributed by atoms with Crippen LogP contribution in [-0.2, 0) is 18.0 Å². The molecule has 2 rings (SSSR count). The number of benzene rings is 1. The molecule has 0 spiro atoms. The number of carbonyl (C=O) groups is 1. The van der Waals surface area contributed by atoms with Gasteiger partial charge in [0, 0.05) is 12.2 Å². The van der Waals surface area contributed by atoms with Gasteiger partial charge in [-0.2, -0.15) is 13.2 Å². The van der Waals surface area contributed by atoms with Crippen LogP contribution in [0.2, 0.25) is 5.02 Å². The van der Waals surface area contributed by atoms with Gasteiger partial charge in [0.25, 0.3) is 5.03 Å². The van der Waals surface area contributed by atoms with Crippen molar-refractivity contribution >= 4 is 35.0 Å². The van der Waals surface area contributed by atoms with Crippen LogP contribution in [0.3, 0.4) is 0 Å². The van der Waals surface area contributed by atoms with Gasteiger partial charge in [0.1, 0.15) is 0 Å². The van der Waals surface area contributed by atoms with Gasteiger partial charge in [-0.25, -0.2) is 0 Å². The topological polar surface area (TPSA) is 82.1 Å². The van der Waals surface area contributed by atoms with Crippen molar-refractivity contribution in [3.05, 3.63) is 28.8 Å². The molecule has 130 valence electrons. The van der Waals surface area contributed by atoms with Crippen LogP contribution >= 0.6 is 23.4 Å². The first-order valence-electron chi connectivity index (χ1n) is 6.51. The Morgan fingerprint density at radius 3 is 2.79 bits per heavy atom. The second-order valence-corrected chi connectivity index (χ2v) is 6.12. The van der Waals surface area contributed by atoms with Crippen LogP contribution in [0.25, 0.3) is 0 Å². The minimum Gasteiger partial charge on any atom is -0.538 e. The van der Waals surface area contributed by atoms with Crippen molar-refractivity contribution in [2.75, 3.05) is 11.1 Å². The summed E-state index contributed by atoms with van der Waals surface area (Å²) in [5.41, 5.74) is -1.04. The van der Waals surface area contributed by atoms with Gasteiger partial charge in [0.05, 0.1) is 21.5 Å². The second kappa shape index (κ2) is 7.31. The quantitative estimate of drug-likeness (QED) is 0.635. The van der Waals surface area contributed by atoms with Crippen molar-refractivity contribution in [1.29, 1.82) is 0 Å². The highest BCUT2D eigenvalue weighted by molar-refractivity contribution is 7.99. The summed E-state index contributed by atoms with van der Waals surface area (Å²) in [7, 11) is 1.51. The van der Waals surface area contributed by atoms with Gasteiger partial charge in [-0.1, -0.05) is 28.0 Å². The van der Waals surface area contributed by atoms with Crippen molar-refractivity contribution in [1.82, 2.24) is 5.27 Å². The fourth-order valence-corrected chi connectivity index (χ4v) is 2.73. The number of alkyl halides is 3. The van der Waals surface area contributed by atoms with Crippen LogP contribution in [-0.4, -0.2) is 16.9 Å². The number of hydrogen-bond acceptors (Lipinski definition) is 5. The van der Waals surface area contributed by atoms with E-state index in [1.165, 1.54) is 11.7 Å². The van der Waals surface area contributed by atoms with Gasteiger partial charge in [0.15, 0.2) is 13.0 Å². The number of anilines is 1. The van der Waals surface area contributed by atoms with Crippen LogP contribution in [0.15, 0.2) is 27.7 Å². The number of rotatable bonds is 5. The number of carbonyl (C=O) groups excluding carboxylic acids is 1. The van der Waals surface area contributed by atoms with Gasteiger partial charge in [0.2, 0.25) is 5.91 Å². The van der Waals surface area contributed by atoms with E-state index < -0.39 is 23.6 Å². The van der Waals surface area contributed by atoms with Crippen molar-refractivity contribution < 1.29 is 32.3 Å². The molecule has 0 aliphatic rings. The van der Waals surface area contributed by atoms with Crippen molar-refractivity contribution in [2.24, 2.45) is 7.05 Å². The van der Waals surface area contributed by atoms with Gasteiger partial charge in [-0.3, -0.25) is 4.79 Å². The van der Waals surface area contributed by atoms with Crippen LogP contribution in [0.4, 0.5) is 18.9 Å². The molecule has 0 aliphatic carbocycles. The maximum absolute atomic E-state index is 12.7. The first-order chi connectivity index (χ1) is 11.2. The fourth-order valence-electron chi connectivity index (χ4n) is 1.71. The molecule has 0 radical (unpaired) electrons. The predicted molar refractivity (Wildman–Crippen MR) is 77.5 cm³/mol. The van der Waals surface area contributed by atoms with Crippen LogP contribution in [0.1, 0.15) is 12.0 Å². The Morgan fingerprint density at radius 1 is 1.50 bits per heavy atom. The standard InChI is InChI=1S/C13H11ClF3N3O3S/c1-20-11(12(22)23-19-20)24-5-4-10(21)18-9-6-7(13(15,16)17)2-3-8(9)14/h2-3,6H,4-5H2,1H3,(H-,18,19,21,22). The first kappa shape index (κ1) is 18.4. The van der Waals surface area contributed by atoms with E-state index in [2.05, 4.69) is 15.1 Å². The van der Waals surface area contributed by atoms with Gasteiger partial charge in [-0.05, 0) is 18.2 Å². The summed E-state index contributed by atoms with van der Waals surface area (Å²) in [5.74, 6) is -0.939. The maximum Gasteiger partial charge on any atom is 0.416 e. The average molecular weight is 382 g/mol. The molecule has 1 N–H and O–H groups in total. The predicted octanol–water partition coefficient (Wildman–Crippen LogP) is 2.37. The monoisotopic (exact) mass is 381 g/mol. The van der Waals surface area contributed by atoms with Crippen LogP contribution < -0.4 is 15.1 Å². The van der Waals surface area contributed by atoms with E-state index in [1.54, 1.807) is 0 Å². The highest BCUT2D eigenvalue weighted by atomic mass is 35.5. The fraction of sp³-hybridized carbons (Fsp3) is 0.308. The Balaban J connectivity index is 1.95. The van der Waals surface area contributed by atoms with E-state index in [9.17, 15) is 23.1 Å². The Morgan fingerprint density at radius 2 is 2.21 bits per heavy atom. The first-order valence-corrected chi connectivity index (χ1v) is 7.87. The summed E-state index contributed by atoms with van der Waals surface area (Å²) in [4.78, 5) is 11.8. The lowest BCUT2D eigenvalue weighted by atomic mass is 10.2. The lowest BCUT2D eigenvalue weighted by Crippen LogP contribution is -2.32. The molecule has 0 bridgehead atoms. The summed E-state index contributed by atoms with van der Waals surface area (Å²) in [6.45, 7) is 0. The van der Waals surface area contributed by atoms with E-state index in [0.717, 1.165) is 30.0 Å². The third kappa shape index (κ3) is 4.54. The van der Waals surface area contributed by atoms with Crippen LogP contribution in [0, 0.1) is 0 Å². The van der Waals surface area contributed by atoms with E-state index >= 15 is 0 Å². The minimum absolute atomic E-state index is 0.00344. The third-order valence-corrected chi connectivity index (χ3v) is 4.29. The zero-order valence-corrected chi connectivity index (χ0v) is 13.8. The molecule has 0 atom stereocenters. The minimum atomic E-state index is -4.53. The Bertz CT molecular complexity index is 732. The molecule has 1 amide bonds. The molecule has 1 aromatic carbocycles. The Kier molecular flexibility index (Phi) is 5.60. The van der Waals surface area contributed by atoms with E-state index in [1.807, 2.05) is 0 Å². The number of aromatic nitrogens is 2. The van der Waals surface area contributed by atoms with Gasteiger partial charge in [-0.15, -0.1) is 0 Å². The smallest absolute Gasteiger partial charge is 0.416 e. The Hall–Kier alpha value is -1.94. The van der Waals surface area contributed by atoms with Crippen molar-refractivity contribution in [2.45, 2.75) is 17.6 Å². The van der Waals surface area contributed by atoms with Crippen molar-refractivity contribution in [3.63, 3.8) is 0 Å². The molecule has 0 fully saturated rings. The number of thioether (sulfide) groups is 1. The zero-order chi connectivity index (χ0) is 17.9. The summed E-state index contributed by atoms with van der Waals surface area (Å²) in [6, 6.07) is 2.66. The molecular weight excluding hydrogens is 371 g/mol. The molecule has 0 unspecified atom stereocenters. The lowest BCUT2D eigenvalue weighted by molar-refractivity contribution is -0.772. The summed E-state index contributed by atoms with van der Waals surface area (Å²) >= 11 is 6.85. The molecule has 1 aromatic heterocycles. The molecule has 0 saturated carbocycles. The van der Waals surface area contributed by atoms with Crippen LogP contribution in [0.5, 0.6) is 5.95 Å². The van der Waals surface area contributed by atoms with E-state index in [0.29, 0.717) is 0 Å². The molecular formula is C13H11ClF3N3O3S. The number of aryl methyl sites for hydroxylation is 1. The number of nitrogens with zero attached hydrogens (tertiary/aromatic N) is 2. The largest absolute Gasteiger partial charge is 0.538 e. The Labute approximate surface area is 143 Å². The molecule has 0 saturated heterocycles. The maximum atomic E-state index is 12.7. The molecule has 11 heteroatoms. The molecule has 1 heterocycles. The number of nitrogens with one attached hydrogen (secondary N) is 1. The summed E-state index contributed by atoms with van der Waals surface area (Å²) in [5, 5.41) is 17.2. The van der Waals surface area contributed by atoms with E-state index in [-0.39, 0.29) is 27.9 Å². The molecule has 24 heavy (non-hydrogen) atoms.